The summed E-state index contributed by atoms with van der Waals surface area (Å²) < 4.78 is 0. The average molecular weight is 210 g/mol. The van der Waals surface area contributed by atoms with Gasteiger partial charge >= 0.3 is 0 Å². The molecule has 1 rings (SSSR count). The van der Waals surface area contributed by atoms with E-state index in [1.807, 2.05) is 13.8 Å². The van der Waals surface area contributed by atoms with Gasteiger partial charge in [-0.1, -0.05) is 0 Å². The van der Waals surface area contributed by atoms with Crippen molar-refractivity contribution in [2.75, 3.05) is 11.9 Å². The molecule has 0 saturated heterocycles. The lowest BCUT2D eigenvalue weighted by Gasteiger charge is -2.24. The van der Waals surface area contributed by atoms with Crippen molar-refractivity contribution in [1.82, 2.24) is 0 Å². The van der Waals surface area contributed by atoms with E-state index in [0.717, 1.165) is 5.69 Å². The number of nitrogens with zero attached hydrogens (tertiary/aromatic N) is 1. The number of benzene rings is 1. The minimum Gasteiger partial charge on any atom is -0.394 e. The van der Waals surface area contributed by atoms with Gasteiger partial charge in [0.25, 0.3) is 5.69 Å². The molecule has 0 saturated carbocycles. The van der Waals surface area contributed by atoms with Gasteiger partial charge < -0.3 is 10.4 Å². The standard InChI is InChI=1S/C10H14N2O3/c1-10(2,7-13)11-8-3-5-9(6-4-8)12(14)15/h3-6,11,13H,7H2,1-2H3. The van der Waals surface area contributed by atoms with Crippen LogP contribution in [0.3, 0.4) is 0 Å². The molecule has 15 heavy (non-hydrogen) atoms. The Morgan fingerprint density at radius 1 is 1.40 bits per heavy atom. The number of aliphatic hydroxyl groups is 1. The molecule has 0 aromatic heterocycles. The molecule has 1 aromatic carbocycles. The van der Waals surface area contributed by atoms with E-state index >= 15 is 0 Å². The fraction of sp³-hybridized carbons (Fsp3) is 0.400. The predicted molar refractivity (Wildman–Crippen MR) is 57.9 cm³/mol. The SMILES string of the molecule is CC(C)(CO)Nc1ccc([N+](=O)[O-])cc1. The van der Waals surface area contributed by atoms with Gasteiger partial charge in [-0.25, -0.2) is 0 Å². The van der Waals surface area contributed by atoms with Crippen molar-refractivity contribution in [2.24, 2.45) is 0 Å². The molecule has 1 aromatic rings. The number of nitro benzene ring substituents is 1. The quantitative estimate of drug-likeness (QED) is 0.586. The van der Waals surface area contributed by atoms with Gasteiger partial charge in [0.15, 0.2) is 0 Å². The molecule has 0 aliphatic carbocycles. The van der Waals surface area contributed by atoms with Gasteiger partial charge in [0.05, 0.1) is 17.1 Å². The Kier molecular flexibility index (Phi) is 3.26. The van der Waals surface area contributed by atoms with Gasteiger partial charge in [-0.15, -0.1) is 0 Å². The molecule has 0 spiro atoms. The lowest BCUT2D eigenvalue weighted by molar-refractivity contribution is -0.384. The number of nitrogens with one attached hydrogen (secondary N) is 1. The molecular formula is C10H14N2O3. The van der Waals surface area contributed by atoms with Crippen LogP contribution in [0.5, 0.6) is 0 Å². The molecule has 5 nitrogen and oxygen atoms in total. The summed E-state index contributed by atoms with van der Waals surface area (Å²) in [6.07, 6.45) is 0. The van der Waals surface area contributed by atoms with E-state index in [2.05, 4.69) is 5.32 Å². The third kappa shape index (κ3) is 3.21. The van der Waals surface area contributed by atoms with Crippen molar-refractivity contribution >= 4 is 11.4 Å². The molecule has 0 fully saturated rings. The van der Waals surface area contributed by atoms with Gasteiger partial charge in [-0.3, -0.25) is 10.1 Å². The van der Waals surface area contributed by atoms with E-state index in [9.17, 15) is 10.1 Å². The van der Waals surface area contributed by atoms with Gasteiger partial charge in [0.1, 0.15) is 0 Å². The minimum atomic E-state index is -0.443. The Bertz CT molecular complexity index is 346. The summed E-state index contributed by atoms with van der Waals surface area (Å²) in [5, 5.41) is 22.5. The summed E-state index contributed by atoms with van der Waals surface area (Å²) in [6, 6.07) is 6.09. The second kappa shape index (κ2) is 4.27. The Balaban J connectivity index is 2.77. The predicted octanol–water partition coefficient (Wildman–Crippen LogP) is 1.78. The van der Waals surface area contributed by atoms with Crippen molar-refractivity contribution < 1.29 is 10.0 Å². The molecule has 0 amide bonds. The van der Waals surface area contributed by atoms with E-state index in [0.29, 0.717) is 0 Å². The van der Waals surface area contributed by atoms with Gasteiger partial charge in [0, 0.05) is 17.8 Å². The van der Waals surface area contributed by atoms with E-state index in [-0.39, 0.29) is 12.3 Å². The second-order valence-corrected chi connectivity index (χ2v) is 3.97. The molecule has 0 radical (unpaired) electrons. The number of rotatable bonds is 4. The van der Waals surface area contributed by atoms with Gasteiger partial charge in [-0.05, 0) is 26.0 Å². The highest BCUT2D eigenvalue weighted by Crippen LogP contribution is 2.18. The summed E-state index contributed by atoms with van der Waals surface area (Å²) >= 11 is 0. The first-order chi connectivity index (χ1) is 6.94. The van der Waals surface area contributed by atoms with Crippen LogP contribution in [0.4, 0.5) is 11.4 Å². The lowest BCUT2D eigenvalue weighted by atomic mass is 10.1. The maximum Gasteiger partial charge on any atom is 0.269 e. The number of aliphatic hydroxyl groups excluding tert-OH is 1. The first-order valence-electron chi connectivity index (χ1n) is 4.58. The van der Waals surface area contributed by atoms with Crippen LogP contribution in [-0.4, -0.2) is 22.2 Å². The van der Waals surface area contributed by atoms with Gasteiger partial charge in [-0.2, -0.15) is 0 Å². The molecule has 82 valence electrons. The Morgan fingerprint density at radius 3 is 2.33 bits per heavy atom. The zero-order valence-corrected chi connectivity index (χ0v) is 8.73. The third-order valence-corrected chi connectivity index (χ3v) is 1.96. The van der Waals surface area contributed by atoms with Crippen LogP contribution in [-0.2, 0) is 0 Å². The van der Waals surface area contributed by atoms with Crippen LogP contribution in [0.1, 0.15) is 13.8 Å². The van der Waals surface area contributed by atoms with Crippen molar-refractivity contribution in [3.8, 4) is 0 Å². The minimum absolute atomic E-state index is 0.00993. The smallest absolute Gasteiger partial charge is 0.269 e. The molecule has 0 aliphatic rings. The van der Waals surface area contributed by atoms with Crippen LogP contribution in [0, 0.1) is 10.1 Å². The van der Waals surface area contributed by atoms with Gasteiger partial charge in [0.2, 0.25) is 0 Å². The number of hydrogen-bond acceptors (Lipinski definition) is 4. The molecule has 0 atom stereocenters. The van der Waals surface area contributed by atoms with Crippen LogP contribution >= 0.6 is 0 Å². The summed E-state index contributed by atoms with van der Waals surface area (Å²) in [7, 11) is 0. The topological polar surface area (TPSA) is 75.4 Å². The Morgan fingerprint density at radius 2 is 1.93 bits per heavy atom. The number of nitro groups is 1. The van der Waals surface area contributed by atoms with Crippen LogP contribution < -0.4 is 5.32 Å². The molecule has 0 unspecified atom stereocenters. The highest BCUT2D eigenvalue weighted by Gasteiger charge is 2.15. The number of non-ortho nitro benzene ring substituents is 1. The second-order valence-electron chi connectivity index (χ2n) is 3.97. The Hall–Kier alpha value is -1.62. The zero-order valence-electron chi connectivity index (χ0n) is 8.73. The first-order valence-corrected chi connectivity index (χ1v) is 4.58. The molecular weight excluding hydrogens is 196 g/mol. The molecule has 0 heterocycles. The molecule has 2 N–H and O–H groups in total. The lowest BCUT2D eigenvalue weighted by Crippen LogP contribution is -2.34. The van der Waals surface area contributed by atoms with Crippen molar-refractivity contribution in [3.63, 3.8) is 0 Å². The van der Waals surface area contributed by atoms with Crippen molar-refractivity contribution in [1.29, 1.82) is 0 Å². The fourth-order valence-electron chi connectivity index (χ4n) is 1.10. The zero-order chi connectivity index (χ0) is 11.5. The maximum absolute atomic E-state index is 10.4. The summed E-state index contributed by atoms with van der Waals surface area (Å²) in [5.41, 5.74) is 0.373. The number of hydrogen-bond donors (Lipinski definition) is 2. The maximum atomic E-state index is 10.4. The van der Waals surface area contributed by atoms with Crippen molar-refractivity contribution in [2.45, 2.75) is 19.4 Å². The average Bonchev–Trinajstić information content (AvgIpc) is 2.18. The fourth-order valence-corrected chi connectivity index (χ4v) is 1.10. The molecule has 0 aliphatic heterocycles. The van der Waals surface area contributed by atoms with E-state index in [1.54, 1.807) is 12.1 Å². The summed E-state index contributed by atoms with van der Waals surface area (Å²) in [6.45, 7) is 3.67. The largest absolute Gasteiger partial charge is 0.394 e. The molecule has 5 heteroatoms. The van der Waals surface area contributed by atoms with E-state index in [4.69, 9.17) is 5.11 Å². The number of anilines is 1. The highest BCUT2D eigenvalue weighted by atomic mass is 16.6. The van der Waals surface area contributed by atoms with E-state index in [1.165, 1.54) is 12.1 Å². The monoisotopic (exact) mass is 210 g/mol. The third-order valence-electron chi connectivity index (χ3n) is 1.96. The van der Waals surface area contributed by atoms with E-state index < -0.39 is 10.5 Å². The van der Waals surface area contributed by atoms with Crippen molar-refractivity contribution in [3.05, 3.63) is 34.4 Å². The first kappa shape index (κ1) is 11.5. The Labute approximate surface area is 87.9 Å². The van der Waals surface area contributed by atoms with Crippen LogP contribution in [0.15, 0.2) is 24.3 Å². The summed E-state index contributed by atoms with van der Waals surface area (Å²) in [4.78, 5) is 9.96. The van der Waals surface area contributed by atoms with Crippen LogP contribution in [0.2, 0.25) is 0 Å². The molecule has 0 bridgehead atoms. The summed E-state index contributed by atoms with van der Waals surface area (Å²) in [5.74, 6) is 0. The highest BCUT2D eigenvalue weighted by molar-refractivity contribution is 5.49. The normalized spacial score (nSPS) is 11.1. The van der Waals surface area contributed by atoms with Crippen LogP contribution in [0.25, 0.3) is 0 Å².